The Balaban J connectivity index is 1.90. The number of nitrogens with zero attached hydrogens (tertiary/aromatic N) is 2. The van der Waals surface area contributed by atoms with Gasteiger partial charge in [-0.1, -0.05) is 6.07 Å². The van der Waals surface area contributed by atoms with Gasteiger partial charge >= 0.3 is 6.18 Å². The van der Waals surface area contributed by atoms with E-state index in [1.807, 2.05) is 6.07 Å². The summed E-state index contributed by atoms with van der Waals surface area (Å²) in [5.41, 5.74) is 0.788. The van der Waals surface area contributed by atoms with Gasteiger partial charge in [0, 0.05) is 31.4 Å². The van der Waals surface area contributed by atoms with Gasteiger partial charge in [-0.3, -0.25) is 4.79 Å². The summed E-state index contributed by atoms with van der Waals surface area (Å²) < 4.78 is 46.1. The third-order valence-corrected chi connectivity index (χ3v) is 3.50. The normalized spacial score (nSPS) is 16.8. The van der Waals surface area contributed by atoms with Gasteiger partial charge in [0.05, 0.1) is 13.2 Å². The van der Waals surface area contributed by atoms with Crippen LogP contribution in [0, 0.1) is 0 Å². The number of hydrogen-bond acceptors (Lipinski definition) is 5. The summed E-state index contributed by atoms with van der Waals surface area (Å²) in [6.07, 6.45) is -3.98. The van der Waals surface area contributed by atoms with Crippen LogP contribution in [0.3, 0.4) is 0 Å². The minimum absolute atomic E-state index is 0.166. The predicted octanol–water partition coefficient (Wildman–Crippen LogP) is 1.50. The Labute approximate surface area is 137 Å². The Bertz CT molecular complexity index is 548. The second-order valence-corrected chi connectivity index (χ2v) is 5.37. The monoisotopic (exact) mass is 347 g/mol. The van der Waals surface area contributed by atoms with Gasteiger partial charge in [-0.15, -0.1) is 0 Å². The number of rotatable bonds is 6. The quantitative estimate of drug-likeness (QED) is 0.845. The van der Waals surface area contributed by atoms with E-state index in [1.54, 1.807) is 12.3 Å². The molecular weight excluding hydrogens is 327 g/mol. The molecule has 0 bridgehead atoms. The zero-order valence-corrected chi connectivity index (χ0v) is 13.3. The molecule has 1 amide bonds. The van der Waals surface area contributed by atoms with Gasteiger partial charge in [0.2, 0.25) is 5.91 Å². The molecule has 0 radical (unpaired) electrons. The van der Waals surface area contributed by atoms with Crippen LogP contribution in [0.15, 0.2) is 18.3 Å². The van der Waals surface area contributed by atoms with Crippen molar-refractivity contribution in [3.63, 3.8) is 0 Å². The van der Waals surface area contributed by atoms with E-state index in [-0.39, 0.29) is 6.54 Å². The summed E-state index contributed by atoms with van der Waals surface area (Å²) in [5, 5.41) is 2.59. The number of nitrogens with one attached hydrogen (secondary N) is 1. The molecule has 1 aromatic rings. The van der Waals surface area contributed by atoms with Crippen LogP contribution < -0.4 is 10.2 Å². The molecule has 6 nitrogen and oxygen atoms in total. The zero-order chi connectivity index (χ0) is 17.6. The van der Waals surface area contributed by atoms with Crippen LogP contribution in [0.4, 0.5) is 19.0 Å². The molecule has 9 heteroatoms. The molecule has 1 aliphatic rings. The average molecular weight is 347 g/mol. The van der Waals surface area contributed by atoms with Crippen LogP contribution >= 0.6 is 0 Å². The fourth-order valence-corrected chi connectivity index (χ4v) is 2.25. The van der Waals surface area contributed by atoms with E-state index in [0.717, 1.165) is 11.4 Å². The van der Waals surface area contributed by atoms with E-state index in [1.165, 1.54) is 6.92 Å². The molecule has 1 atom stereocenters. The van der Waals surface area contributed by atoms with E-state index >= 15 is 0 Å². The second-order valence-electron chi connectivity index (χ2n) is 5.37. The summed E-state index contributed by atoms with van der Waals surface area (Å²) in [6.45, 7) is 2.60. The molecule has 0 saturated carbocycles. The Morgan fingerprint density at radius 2 is 2.17 bits per heavy atom. The number of ether oxygens (including phenoxy) is 2. The number of amides is 1. The Kier molecular flexibility index (Phi) is 6.38. The first kappa shape index (κ1) is 18.5. The van der Waals surface area contributed by atoms with Crippen molar-refractivity contribution in [2.45, 2.75) is 25.7 Å². The summed E-state index contributed by atoms with van der Waals surface area (Å²) >= 11 is 0. The van der Waals surface area contributed by atoms with Crippen molar-refractivity contribution < 1.29 is 27.4 Å². The number of halogens is 3. The molecule has 0 spiro atoms. The molecular formula is C15H20F3N3O3. The number of morpholine rings is 1. The van der Waals surface area contributed by atoms with Crippen molar-refractivity contribution in [3.05, 3.63) is 23.9 Å². The molecule has 1 saturated heterocycles. The minimum atomic E-state index is -4.46. The summed E-state index contributed by atoms with van der Waals surface area (Å²) in [6, 6.07) is 3.56. The number of pyridine rings is 1. The molecule has 1 fully saturated rings. The summed E-state index contributed by atoms with van der Waals surface area (Å²) in [7, 11) is 0. The van der Waals surface area contributed by atoms with Gasteiger partial charge in [-0.2, -0.15) is 13.2 Å². The molecule has 1 N–H and O–H groups in total. The van der Waals surface area contributed by atoms with E-state index < -0.39 is 24.8 Å². The second kappa shape index (κ2) is 8.29. The highest BCUT2D eigenvalue weighted by molar-refractivity contribution is 5.80. The first-order chi connectivity index (χ1) is 11.4. The average Bonchev–Trinajstić information content (AvgIpc) is 2.58. The topological polar surface area (TPSA) is 63.7 Å². The number of anilines is 1. The highest BCUT2D eigenvalue weighted by Crippen LogP contribution is 2.18. The van der Waals surface area contributed by atoms with Crippen molar-refractivity contribution >= 4 is 11.7 Å². The van der Waals surface area contributed by atoms with Crippen LogP contribution in [-0.2, 0) is 20.8 Å². The third kappa shape index (κ3) is 5.64. The molecule has 0 aliphatic carbocycles. The maximum Gasteiger partial charge on any atom is 0.411 e. The third-order valence-electron chi connectivity index (χ3n) is 3.50. The number of alkyl halides is 3. The van der Waals surface area contributed by atoms with E-state index in [2.05, 4.69) is 19.9 Å². The maximum absolute atomic E-state index is 12.1. The largest absolute Gasteiger partial charge is 0.411 e. The van der Waals surface area contributed by atoms with Crippen LogP contribution in [0.25, 0.3) is 0 Å². The van der Waals surface area contributed by atoms with Crippen molar-refractivity contribution in [2.75, 3.05) is 37.8 Å². The molecule has 2 heterocycles. The Morgan fingerprint density at radius 3 is 2.83 bits per heavy atom. The van der Waals surface area contributed by atoms with Crippen molar-refractivity contribution in [3.8, 4) is 0 Å². The number of carbonyl (C=O) groups excluding carboxylic acids is 1. The van der Waals surface area contributed by atoms with E-state index in [9.17, 15) is 18.0 Å². The number of carbonyl (C=O) groups is 1. The van der Waals surface area contributed by atoms with E-state index in [0.29, 0.717) is 26.3 Å². The minimum Gasteiger partial charge on any atom is -0.378 e. The van der Waals surface area contributed by atoms with Gasteiger partial charge in [0.1, 0.15) is 18.5 Å². The molecule has 134 valence electrons. The maximum atomic E-state index is 12.1. The first-order valence-corrected chi connectivity index (χ1v) is 7.59. The van der Waals surface area contributed by atoms with Crippen molar-refractivity contribution in [1.29, 1.82) is 0 Å². The molecule has 0 aromatic carbocycles. The lowest BCUT2D eigenvalue weighted by Gasteiger charge is -2.29. The lowest BCUT2D eigenvalue weighted by Crippen LogP contribution is -2.39. The lowest BCUT2D eigenvalue weighted by atomic mass is 10.2. The van der Waals surface area contributed by atoms with Crippen LogP contribution in [0.5, 0.6) is 0 Å². The van der Waals surface area contributed by atoms with Gasteiger partial charge in [0.15, 0.2) is 0 Å². The Hall–Kier alpha value is -1.87. The number of aromatic nitrogens is 1. The summed E-state index contributed by atoms with van der Waals surface area (Å²) in [5.74, 6) is 0.140. The Morgan fingerprint density at radius 1 is 1.46 bits per heavy atom. The first-order valence-electron chi connectivity index (χ1n) is 7.59. The smallest absolute Gasteiger partial charge is 0.378 e. The SMILES string of the molecule is CC(OCC(F)(F)F)C(=O)NCc1cccnc1N1CCOCC1. The predicted molar refractivity (Wildman–Crippen MR) is 80.6 cm³/mol. The summed E-state index contributed by atoms with van der Waals surface area (Å²) in [4.78, 5) is 18.2. The fraction of sp³-hybridized carbons (Fsp3) is 0.600. The highest BCUT2D eigenvalue weighted by Gasteiger charge is 2.30. The van der Waals surface area contributed by atoms with Crippen LogP contribution in [0.2, 0.25) is 0 Å². The molecule has 24 heavy (non-hydrogen) atoms. The van der Waals surface area contributed by atoms with Gasteiger partial charge in [0.25, 0.3) is 0 Å². The lowest BCUT2D eigenvalue weighted by molar-refractivity contribution is -0.185. The van der Waals surface area contributed by atoms with Crippen LogP contribution in [0.1, 0.15) is 12.5 Å². The fourth-order valence-electron chi connectivity index (χ4n) is 2.25. The van der Waals surface area contributed by atoms with Gasteiger partial charge < -0.3 is 19.7 Å². The van der Waals surface area contributed by atoms with Gasteiger partial charge in [-0.25, -0.2) is 4.98 Å². The van der Waals surface area contributed by atoms with Gasteiger partial charge in [-0.05, 0) is 13.0 Å². The zero-order valence-electron chi connectivity index (χ0n) is 13.3. The molecule has 1 aromatic heterocycles. The molecule has 1 aliphatic heterocycles. The molecule has 1 unspecified atom stereocenters. The molecule has 2 rings (SSSR count). The van der Waals surface area contributed by atoms with E-state index in [4.69, 9.17) is 4.74 Å². The van der Waals surface area contributed by atoms with Crippen molar-refractivity contribution in [2.24, 2.45) is 0 Å². The number of hydrogen-bond donors (Lipinski definition) is 1. The van der Waals surface area contributed by atoms with Crippen molar-refractivity contribution in [1.82, 2.24) is 10.3 Å². The standard InChI is InChI=1S/C15H20F3N3O3/c1-11(24-10-15(16,17)18)14(22)20-9-12-3-2-4-19-13(12)21-5-7-23-8-6-21/h2-4,11H,5-10H2,1H3,(H,20,22). The van der Waals surface area contributed by atoms with Crippen LogP contribution in [-0.4, -0.2) is 56.1 Å². The highest BCUT2D eigenvalue weighted by atomic mass is 19.4.